The number of benzene rings is 1. The third-order valence-electron chi connectivity index (χ3n) is 6.24. The van der Waals surface area contributed by atoms with Gasteiger partial charge in [-0.3, -0.25) is 9.59 Å². The first-order chi connectivity index (χ1) is 11.7. The van der Waals surface area contributed by atoms with Gasteiger partial charge in [-0.05, 0) is 36.2 Å². The van der Waals surface area contributed by atoms with Gasteiger partial charge in [0.15, 0.2) is 0 Å². The minimum atomic E-state index is -4.09. The molecule has 6 heteroatoms. The maximum absolute atomic E-state index is 12.4. The van der Waals surface area contributed by atoms with Crippen LogP contribution in [0.4, 0.5) is 0 Å². The van der Waals surface area contributed by atoms with Crippen molar-refractivity contribution in [2.45, 2.75) is 46.0 Å². The van der Waals surface area contributed by atoms with E-state index < -0.39 is 21.5 Å². The highest BCUT2D eigenvalue weighted by Gasteiger charge is 2.65. The molecule has 1 aromatic rings. The molecular formula is C19H24O5S. The van der Waals surface area contributed by atoms with Gasteiger partial charge in [-0.15, -0.1) is 0 Å². The van der Waals surface area contributed by atoms with E-state index in [0.29, 0.717) is 19.3 Å². The Balaban J connectivity index is 1.64. The Kier molecular flexibility index (Phi) is 4.52. The van der Waals surface area contributed by atoms with Crippen molar-refractivity contribution in [2.24, 2.45) is 16.7 Å². The Hall–Kier alpha value is -1.69. The molecule has 0 aliphatic heterocycles. The lowest BCUT2D eigenvalue weighted by Gasteiger charge is -2.35. The molecule has 0 heterocycles. The molecule has 2 saturated carbocycles. The summed E-state index contributed by atoms with van der Waals surface area (Å²) in [5.41, 5.74) is -0.328. The molecule has 2 bridgehead atoms. The van der Waals surface area contributed by atoms with E-state index in [1.807, 2.05) is 44.2 Å². The molecule has 2 unspecified atom stereocenters. The van der Waals surface area contributed by atoms with Crippen LogP contribution in [0.25, 0.3) is 0 Å². The summed E-state index contributed by atoms with van der Waals surface area (Å²) in [5, 5.41) is 0. The lowest BCUT2D eigenvalue weighted by atomic mass is 9.70. The summed E-state index contributed by atoms with van der Waals surface area (Å²) >= 11 is 0. The van der Waals surface area contributed by atoms with Crippen LogP contribution in [-0.2, 0) is 30.3 Å². The van der Waals surface area contributed by atoms with E-state index in [0.717, 1.165) is 12.0 Å². The molecule has 0 amide bonds. The number of aryl methyl sites for hydroxylation is 1. The van der Waals surface area contributed by atoms with Gasteiger partial charge in [0, 0.05) is 6.42 Å². The first-order valence-corrected chi connectivity index (χ1v) is 10.3. The molecule has 3 rings (SSSR count). The highest BCUT2D eigenvalue weighted by atomic mass is 32.2. The van der Waals surface area contributed by atoms with Gasteiger partial charge < -0.3 is 4.18 Å². The standard InChI is InChI=1S/C19H24O5S/c1-18(2)15-10-11-19(18,16(20)12-15)13-25(22,23)24-17(21)9-8-14-6-4-3-5-7-14/h3-7,15H,8-13H2,1-2H3. The van der Waals surface area contributed by atoms with Crippen molar-refractivity contribution < 1.29 is 22.2 Å². The van der Waals surface area contributed by atoms with Gasteiger partial charge in [-0.2, -0.15) is 8.42 Å². The topological polar surface area (TPSA) is 77.5 Å². The largest absolute Gasteiger partial charge is 0.346 e. The van der Waals surface area contributed by atoms with E-state index in [1.54, 1.807) is 0 Å². The highest BCUT2D eigenvalue weighted by Crippen LogP contribution is 2.64. The van der Waals surface area contributed by atoms with Crippen LogP contribution >= 0.6 is 0 Å². The Morgan fingerprint density at radius 1 is 1.24 bits per heavy atom. The second-order valence-corrected chi connectivity index (χ2v) is 9.38. The van der Waals surface area contributed by atoms with Crippen LogP contribution in [0.3, 0.4) is 0 Å². The second-order valence-electron chi connectivity index (χ2n) is 7.81. The first kappa shape index (κ1) is 18.1. The van der Waals surface area contributed by atoms with Gasteiger partial charge >= 0.3 is 16.1 Å². The van der Waals surface area contributed by atoms with Crippen LogP contribution in [-0.4, -0.2) is 25.9 Å². The van der Waals surface area contributed by atoms with E-state index >= 15 is 0 Å². The van der Waals surface area contributed by atoms with Gasteiger partial charge in [0.25, 0.3) is 0 Å². The van der Waals surface area contributed by atoms with Crippen molar-refractivity contribution in [3.05, 3.63) is 35.9 Å². The molecular weight excluding hydrogens is 340 g/mol. The minimum absolute atomic E-state index is 0.00217. The second kappa shape index (κ2) is 6.24. The van der Waals surface area contributed by atoms with E-state index in [2.05, 4.69) is 0 Å². The summed E-state index contributed by atoms with van der Waals surface area (Å²) in [6, 6.07) is 9.35. The third kappa shape index (κ3) is 3.24. The smallest absolute Gasteiger partial charge is 0.322 e. The van der Waals surface area contributed by atoms with Crippen LogP contribution in [0, 0.1) is 16.7 Å². The lowest BCUT2D eigenvalue weighted by Crippen LogP contribution is -2.42. The van der Waals surface area contributed by atoms with E-state index in [9.17, 15) is 18.0 Å². The predicted molar refractivity (Wildman–Crippen MR) is 93.2 cm³/mol. The molecule has 2 aliphatic rings. The Labute approximate surface area is 148 Å². The van der Waals surface area contributed by atoms with Crippen LogP contribution in [0.5, 0.6) is 0 Å². The predicted octanol–water partition coefficient (Wildman–Crippen LogP) is 2.89. The maximum atomic E-state index is 12.4. The minimum Gasteiger partial charge on any atom is -0.346 e. The van der Waals surface area contributed by atoms with Crippen molar-refractivity contribution >= 4 is 21.9 Å². The van der Waals surface area contributed by atoms with E-state index in [1.165, 1.54) is 0 Å². The molecule has 0 radical (unpaired) electrons. The summed E-state index contributed by atoms with van der Waals surface area (Å²) in [5.74, 6) is -0.931. The number of rotatable bonds is 6. The molecule has 136 valence electrons. The fourth-order valence-electron chi connectivity index (χ4n) is 4.51. The average Bonchev–Trinajstić information content (AvgIpc) is 2.87. The molecule has 0 spiro atoms. The van der Waals surface area contributed by atoms with Crippen molar-refractivity contribution in [1.82, 2.24) is 0 Å². The first-order valence-electron chi connectivity index (χ1n) is 8.68. The van der Waals surface area contributed by atoms with Crippen LogP contribution in [0.2, 0.25) is 0 Å². The highest BCUT2D eigenvalue weighted by molar-refractivity contribution is 7.87. The summed E-state index contributed by atoms with van der Waals surface area (Å²) in [7, 11) is -4.09. The Morgan fingerprint density at radius 2 is 1.92 bits per heavy atom. The number of fused-ring (bicyclic) bond motifs is 2. The van der Waals surface area contributed by atoms with Crippen LogP contribution in [0.1, 0.15) is 45.1 Å². The van der Waals surface area contributed by atoms with Crippen LogP contribution in [0.15, 0.2) is 30.3 Å². The number of Topliss-reactive ketones (excluding diaryl/α,β-unsaturated/α-hetero) is 1. The third-order valence-corrected chi connectivity index (χ3v) is 7.53. The number of carbonyl (C=O) groups excluding carboxylic acids is 2. The zero-order chi connectivity index (χ0) is 18.3. The average molecular weight is 364 g/mol. The molecule has 0 aromatic heterocycles. The number of hydrogen-bond acceptors (Lipinski definition) is 5. The van der Waals surface area contributed by atoms with Crippen LogP contribution < -0.4 is 0 Å². The molecule has 25 heavy (non-hydrogen) atoms. The summed E-state index contributed by atoms with van der Waals surface area (Å²) in [4.78, 5) is 24.4. The summed E-state index contributed by atoms with van der Waals surface area (Å²) in [6.07, 6.45) is 2.27. The molecule has 0 saturated heterocycles. The molecule has 5 nitrogen and oxygen atoms in total. The number of carbonyl (C=O) groups is 2. The number of ketones is 1. The molecule has 0 N–H and O–H groups in total. The zero-order valence-electron chi connectivity index (χ0n) is 14.7. The monoisotopic (exact) mass is 364 g/mol. The summed E-state index contributed by atoms with van der Waals surface area (Å²) in [6.45, 7) is 3.92. The SMILES string of the molecule is CC1(C)C2CCC1(CS(=O)(=O)OC(=O)CCc1ccccc1)C(=O)C2. The van der Waals surface area contributed by atoms with Crippen molar-refractivity contribution in [3.8, 4) is 0 Å². The van der Waals surface area contributed by atoms with E-state index in [-0.39, 0.29) is 29.3 Å². The zero-order valence-corrected chi connectivity index (χ0v) is 15.5. The van der Waals surface area contributed by atoms with Gasteiger partial charge in [-0.25, -0.2) is 0 Å². The van der Waals surface area contributed by atoms with Crippen molar-refractivity contribution in [2.75, 3.05) is 5.75 Å². The van der Waals surface area contributed by atoms with Crippen molar-refractivity contribution in [3.63, 3.8) is 0 Å². The summed E-state index contributed by atoms with van der Waals surface area (Å²) < 4.78 is 29.6. The lowest BCUT2D eigenvalue weighted by molar-refractivity contribution is -0.134. The van der Waals surface area contributed by atoms with Gasteiger partial charge in [-0.1, -0.05) is 44.2 Å². The maximum Gasteiger partial charge on any atom is 0.322 e. The molecule has 2 atom stereocenters. The van der Waals surface area contributed by atoms with Crippen molar-refractivity contribution in [1.29, 1.82) is 0 Å². The molecule has 2 aliphatic carbocycles. The van der Waals surface area contributed by atoms with Gasteiger partial charge in [0.1, 0.15) is 5.78 Å². The molecule has 1 aromatic carbocycles. The molecule has 2 fully saturated rings. The fourth-order valence-corrected chi connectivity index (χ4v) is 6.22. The Bertz CT molecular complexity index is 781. The quantitative estimate of drug-likeness (QED) is 0.725. The fraction of sp³-hybridized carbons (Fsp3) is 0.579. The normalized spacial score (nSPS) is 27.4. The van der Waals surface area contributed by atoms with E-state index in [4.69, 9.17) is 4.18 Å². The van der Waals surface area contributed by atoms with Gasteiger partial charge in [0.2, 0.25) is 0 Å². The Morgan fingerprint density at radius 3 is 2.48 bits per heavy atom. The van der Waals surface area contributed by atoms with Gasteiger partial charge in [0.05, 0.1) is 17.6 Å². The number of hydrogen-bond donors (Lipinski definition) is 0.